The zero-order chi connectivity index (χ0) is 12.5. The van der Waals surface area contributed by atoms with Crippen LogP contribution in [0.15, 0.2) is 12.4 Å². The fraction of sp³-hybridized carbons (Fsp3) is 0.615. The average Bonchev–Trinajstić information content (AvgIpc) is 2.98. The highest BCUT2D eigenvalue weighted by Gasteiger charge is 2.22. The van der Waals surface area contributed by atoms with Gasteiger partial charge >= 0.3 is 0 Å². The zero-order valence-corrected chi connectivity index (χ0v) is 10.9. The Labute approximate surface area is 107 Å². The number of anilines is 1. The second-order valence-electron chi connectivity index (χ2n) is 5.23. The Morgan fingerprint density at radius 2 is 2.17 bits per heavy atom. The summed E-state index contributed by atoms with van der Waals surface area (Å²) in [6.07, 6.45) is 6.94. The number of rotatable bonds is 3. The van der Waals surface area contributed by atoms with Gasteiger partial charge in [0.2, 0.25) is 0 Å². The van der Waals surface area contributed by atoms with E-state index in [1.54, 1.807) is 10.8 Å². The van der Waals surface area contributed by atoms with E-state index in [4.69, 9.17) is 0 Å². The highest BCUT2D eigenvalue weighted by Crippen LogP contribution is 2.29. The van der Waals surface area contributed by atoms with Crippen LogP contribution in [0.4, 0.5) is 5.82 Å². The molecule has 1 aliphatic carbocycles. The molecule has 0 aromatic carbocycles. The Bertz CT molecular complexity index is 541. The molecule has 1 atom stereocenters. The lowest BCUT2D eigenvalue weighted by Crippen LogP contribution is -2.25. The minimum absolute atomic E-state index is 0.474. The summed E-state index contributed by atoms with van der Waals surface area (Å²) in [6.45, 7) is 4.24. The number of aromatic nitrogens is 4. The first-order valence-corrected chi connectivity index (χ1v) is 6.68. The number of fused-ring (bicyclic) bond motifs is 1. The first-order valence-electron chi connectivity index (χ1n) is 6.68. The van der Waals surface area contributed by atoms with E-state index in [-0.39, 0.29) is 0 Å². The highest BCUT2D eigenvalue weighted by atomic mass is 15.4. The van der Waals surface area contributed by atoms with E-state index in [1.807, 2.05) is 13.0 Å². The summed E-state index contributed by atoms with van der Waals surface area (Å²) in [4.78, 5) is 8.50. The third-order valence-electron chi connectivity index (χ3n) is 3.86. The number of nitrogens with one attached hydrogen (secondary N) is 1. The van der Waals surface area contributed by atoms with Crippen LogP contribution >= 0.6 is 0 Å². The SMILES string of the molecule is Cc1cc(NC(C)C2CCCC2)n2ncnc2n1. The summed E-state index contributed by atoms with van der Waals surface area (Å²) >= 11 is 0. The molecule has 3 rings (SSSR count). The van der Waals surface area contributed by atoms with Crippen molar-refractivity contribution >= 4 is 11.6 Å². The van der Waals surface area contributed by atoms with E-state index in [9.17, 15) is 0 Å². The largest absolute Gasteiger partial charge is 0.367 e. The van der Waals surface area contributed by atoms with E-state index in [1.165, 1.54) is 25.7 Å². The Hall–Kier alpha value is -1.65. The smallest absolute Gasteiger partial charge is 0.254 e. The van der Waals surface area contributed by atoms with Crippen molar-refractivity contribution in [1.82, 2.24) is 19.6 Å². The Morgan fingerprint density at radius 3 is 2.94 bits per heavy atom. The first-order chi connectivity index (χ1) is 8.74. The molecule has 18 heavy (non-hydrogen) atoms. The Kier molecular flexibility index (Phi) is 2.89. The lowest BCUT2D eigenvalue weighted by atomic mass is 10.00. The van der Waals surface area contributed by atoms with Gasteiger partial charge in [-0.2, -0.15) is 14.6 Å². The second kappa shape index (κ2) is 4.55. The van der Waals surface area contributed by atoms with Crippen molar-refractivity contribution in [1.29, 1.82) is 0 Å². The van der Waals surface area contributed by atoms with Crippen LogP contribution in [-0.4, -0.2) is 25.6 Å². The molecular weight excluding hydrogens is 226 g/mol. The molecule has 0 saturated heterocycles. The molecule has 0 aliphatic heterocycles. The molecule has 0 bridgehead atoms. The average molecular weight is 245 g/mol. The van der Waals surface area contributed by atoms with Gasteiger partial charge in [0.25, 0.3) is 5.78 Å². The summed E-state index contributed by atoms with van der Waals surface area (Å²) in [7, 11) is 0. The van der Waals surface area contributed by atoms with E-state index in [0.717, 1.165) is 17.4 Å². The van der Waals surface area contributed by atoms with Crippen molar-refractivity contribution in [2.75, 3.05) is 5.32 Å². The monoisotopic (exact) mass is 245 g/mol. The predicted molar refractivity (Wildman–Crippen MR) is 70.6 cm³/mol. The molecule has 5 nitrogen and oxygen atoms in total. The van der Waals surface area contributed by atoms with Crippen molar-refractivity contribution in [3.8, 4) is 0 Å². The molecular formula is C13H19N5. The van der Waals surface area contributed by atoms with Crippen LogP contribution in [0.25, 0.3) is 5.78 Å². The molecule has 0 spiro atoms. The van der Waals surface area contributed by atoms with Crippen LogP contribution in [0, 0.1) is 12.8 Å². The minimum atomic E-state index is 0.474. The van der Waals surface area contributed by atoms with Crippen LogP contribution in [-0.2, 0) is 0 Å². The van der Waals surface area contributed by atoms with E-state index in [0.29, 0.717) is 11.8 Å². The molecule has 1 aliphatic rings. The van der Waals surface area contributed by atoms with Crippen LogP contribution < -0.4 is 5.32 Å². The normalized spacial score (nSPS) is 18.3. The van der Waals surface area contributed by atoms with Gasteiger partial charge in [-0.05, 0) is 32.6 Å². The van der Waals surface area contributed by atoms with Crippen molar-refractivity contribution in [2.45, 2.75) is 45.6 Å². The molecule has 2 aromatic heterocycles. The van der Waals surface area contributed by atoms with Gasteiger partial charge in [0.15, 0.2) is 0 Å². The van der Waals surface area contributed by atoms with Crippen LogP contribution in [0.3, 0.4) is 0 Å². The van der Waals surface area contributed by atoms with Gasteiger partial charge in [0, 0.05) is 17.8 Å². The number of hydrogen-bond acceptors (Lipinski definition) is 4. The third-order valence-corrected chi connectivity index (χ3v) is 3.86. The maximum Gasteiger partial charge on any atom is 0.254 e. The lowest BCUT2D eigenvalue weighted by Gasteiger charge is -2.21. The maximum atomic E-state index is 4.35. The maximum absolute atomic E-state index is 4.35. The fourth-order valence-corrected chi connectivity index (χ4v) is 2.84. The van der Waals surface area contributed by atoms with Gasteiger partial charge in [0.05, 0.1) is 0 Å². The van der Waals surface area contributed by atoms with Gasteiger partial charge in [0.1, 0.15) is 12.1 Å². The standard InChI is InChI=1S/C13H19N5/c1-9-7-12(18-13(16-9)14-8-15-18)17-10(2)11-5-3-4-6-11/h7-8,10-11,17H,3-6H2,1-2H3. The molecule has 2 heterocycles. The van der Waals surface area contributed by atoms with E-state index < -0.39 is 0 Å². The summed E-state index contributed by atoms with van der Waals surface area (Å²) in [5.74, 6) is 2.43. The number of nitrogens with zero attached hydrogens (tertiary/aromatic N) is 4. The van der Waals surface area contributed by atoms with Gasteiger partial charge in [-0.25, -0.2) is 4.98 Å². The number of hydrogen-bond donors (Lipinski definition) is 1. The fourth-order valence-electron chi connectivity index (χ4n) is 2.84. The van der Waals surface area contributed by atoms with Gasteiger partial charge in [-0.15, -0.1) is 0 Å². The molecule has 0 radical (unpaired) electrons. The predicted octanol–water partition coefficient (Wildman–Crippen LogP) is 2.42. The molecule has 1 saturated carbocycles. The Balaban J connectivity index is 1.86. The molecule has 96 valence electrons. The molecule has 1 fully saturated rings. The van der Waals surface area contributed by atoms with Crippen molar-refractivity contribution < 1.29 is 0 Å². The van der Waals surface area contributed by atoms with Crippen molar-refractivity contribution in [3.05, 3.63) is 18.1 Å². The van der Waals surface area contributed by atoms with Gasteiger partial charge in [-0.3, -0.25) is 0 Å². The van der Waals surface area contributed by atoms with E-state index >= 15 is 0 Å². The van der Waals surface area contributed by atoms with E-state index in [2.05, 4.69) is 27.3 Å². The quantitative estimate of drug-likeness (QED) is 0.902. The van der Waals surface area contributed by atoms with Gasteiger partial charge < -0.3 is 5.32 Å². The van der Waals surface area contributed by atoms with Crippen LogP contribution in [0.1, 0.15) is 38.3 Å². The van der Waals surface area contributed by atoms with Gasteiger partial charge in [-0.1, -0.05) is 12.8 Å². The zero-order valence-electron chi connectivity index (χ0n) is 10.9. The van der Waals surface area contributed by atoms with Crippen molar-refractivity contribution in [2.24, 2.45) is 5.92 Å². The summed E-state index contributed by atoms with van der Waals surface area (Å²) in [6, 6.07) is 2.51. The molecule has 1 unspecified atom stereocenters. The molecule has 2 aromatic rings. The Morgan fingerprint density at radius 1 is 1.39 bits per heavy atom. The molecule has 0 amide bonds. The topological polar surface area (TPSA) is 55.1 Å². The minimum Gasteiger partial charge on any atom is -0.367 e. The summed E-state index contributed by atoms with van der Waals surface area (Å²) in [5, 5.41) is 7.79. The van der Waals surface area contributed by atoms with Crippen LogP contribution in [0.2, 0.25) is 0 Å². The number of aryl methyl sites for hydroxylation is 1. The third kappa shape index (κ3) is 2.05. The molecule has 1 N–H and O–H groups in total. The van der Waals surface area contributed by atoms with Crippen molar-refractivity contribution in [3.63, 3.8) is 0 Å². The highest BCUT2D eigenvalue weighted by molar-refractivity contribution is 5.45. The summed E-state index contributed by atoms with van der Waals surface area (Å²) in [5.41, 5.74) is 0.969. The lowest BCUT2D eigenvalue weighted by molar-refractivity contribution is 0.480. The molecule has 5 heteroatoms. The summed E-state index contributed by atoms with van der Waals surface area (Å²) < 4.78 is 1.78. The van der Waals surface area contributed by atoms with Crippen LogP contribution in [0.5, 0.6) is 0 Å². The first kappa shape index (κ1) is 11.4. The second-order valence-corrected chi connectivity index (χ2v) is 5.23.